The van der Waals surface area contributed by atoms with Crippen molar-refractivity contribution >= 4 is 29.1 Å². The molecule has 5 rings (SSSR count). The summed E-state index contributed by atoms with van der Waals surface area (Å²) >= 11 is 5.91. The third kappa shape index (κ3) is 5.37. The van der Waals surface area contributed by atoms with Crippen LogP contribution in [0.2, 0.25) is 5.02 Å². The minimum Gasteiger partial charge on any atom is -0.487 e. The van der Waals surface area contributed by atoms with E-state index in [9.17, 15) is 14.7 Å². The van der Waals surface area contributed by atoms with Crippen LogP contribution < -0.4 is 15.4 Å². The summed E-state index contributed by atoms with van der Waals surface area (Å²) in [5, 5.41) is 16.5. The van der Waals surface area contributed by atoms with Gasteiger partial charge < -0.3 is 25.2 Å². The number of carbonyl (C=O) groups excluding carboxylic acids is 2. The van der Waals surface area contributed by atoms with Crippen molar-refractivity contribution in [3.05, 3.63) is 58.6 Å². The van der Waals surface area contributed by atoms with Gasteiger partial charge >= 0.3 is 0 Å². The van der Waals surface area contributed by atoms with E-state index < -0.39 is 6.10 Å². The Morgan fingerprint density at radius 2 is 1.85 bits per heavy atom. The molecule has 1 aliphatic carbocycles. The Morgan fingerprint density at radius 1 is 1.06 bits per heavy atom. The fraction of sp³-hybridized carbons (Fsp3) is 0.462. The molecule has 0 aromatic heterocycles. The number of halogens is 1. The SMILES string of the molecule is O=C(C[C@@H]1C[C@H]2c3cc(NC(=O)CC4CC4)ccc3O[C@H]2[C@H](CO)O1)NCc1ccc(Cl)cc1. The number of hydrogen-bond acceptors (Lipinski definition) is 5. The summed E-state index contributed by atoms with van der Waals surface area (Å²) in [4.78, 5) is 24.8. The number of nitrogens with one attached hydrogen (secondary N) is 2. The number of aliphatic hydroxyl groups is 1. The van der Waals surface area contributed by atoms with E-state index >= 15 is 0 Å². The number of rotatable bonds is 8. The van der Waals surface area contributed by atoms with Gasteiger partial charge in [-0.2, -0.15) is 0 Å². The predicted octanol–water partition coefficient (Wildman–Crippen LogP) is 3.78. The topological polar surface area (TPSA) is 96.9 Å². The van der Waals surface area contributed by atoms with Gasteiger partial charge in [0.2, 0.25) is 11.8 Å². The molecule has 34 heavy (non-hydrogen) atoms. The first kappa shape index (κ1) is 23.1. The second-order valence-electron chi connectivity index (χ2n) is 9.46. The van der Waals surface area contributed by atoms with E-state index in [1.165, 1.54) is 0 Å². The molecule has 1 saturated heterocycles. The van der Waals surface area contributed by atoms with Crippen molar-refractivity contribution in [1.29, 1.82) is 0 Å². The van der Waals surface area contributed by atoms with Crippen LogP contribution in [0.1, 0.15) is 49.1 Å². The molecule has 2 aliphatic heterocycles. The van der Waals surface area contributed by atoms with E-state index in [-0.39, 0.29) is 43.0 Å². The highest BCUT2D eigenvalue weighted by atomic mass is 35.5. The maximum atomic E-state index is 12.6. The second-order valence-corrected chi connectivity index (χ2v) is 9.90. The molecule has 0 unspecified atom stereocenters. The first-order valence-electron chi connectivity index (χ1n) is 11.9. The minimum absolute atomic E-state index is 0.0183. The van der Waals surface area contributed by atoms with Gasteiger partial charge in [0.25, 0.3) is 0 Å². The Kier molecular flexibility index (Phi) is 6.77. The number of benzene rings is 2. The standard InChI is InChI=1S/C26H29ClN2O5/c27-17-5-3-16(4-6-17)13-28-24(31)12-19-11-21-20-10-18(29-25(32)9-15-1-2-15)7-8-22(20)34-26(21)23(14-30)33-19/h3-8,10,15,19,21,23,26,30H,1-2,9,11-14H2,(H,28,31)(H,29,32)/t19-,21-,23-,26+/m0/s1. The monoisotopic (exact) mass is 484 g/mol. The van der Waals surface area contributed by atoms with Crippen LogP contribution in [0.15, 0.2) is 42.5 Å². The molecule has 3 aliphatic rings. The highest BCUT2D eigenvalue weighted by Gasteiger charge is 2.46. The zero-order valence-corrected chi connectivity index (χ0v) is 19.6. The molecule has 2 heterocycles. The van der Waals surface area contributed by atoms with Crippen LogP contribution in [-0.4, -0.2) is 41.8 Å². The number of fused-ring (bicyclic) bond motifs is 3. The van der Waals surface area contributed by atoms with Crippen molar-refractivity contribution in [3.63, 3.8) is 0 Å². The van der Waals surface area contributed by atoms with Crippen LogP contribution in [-0.2, 0) is 20.9 Å². The fourth-order valence-corrected chi connectivity index (χ4v) is 4.97. The molecule has 4 atom stereocenters. The van der Waals surface area contributed by atoms with E-state index in [1.807, 2.05) is 30.3 Å². The number of amides is 2. The maximum Gasteiger partial charge on any atom is 0.224 e. The van der Waals surface area contributed by atoms with E-state index in [1.54, 1.807) is 12.1 Å². The van der Waals surface area contributed by atoms with E-state index in [0.29, 0.717) is 30.3 Å². The molecule has 0 spiro atoms. The lowest BCUT2D eigenvalue weighted by molar-refractivity contribution is -0.142. The zero-order chi connectivity index (χ0) is 23.7. The van der Waals surface area contributed by atoms with Crippen molar-refractivity contribution in [2.24, 2.45) is 5.92 Å². The number of carbonyl (C=O) groups is 2. The van der Waals surface area contributed by atoms with Crippen molar-refractivity contribution in [1.82, 2.24) is 5.32 Å². The largest absolute Gasteiger partial charge is 0.487 e. The highest BCUT2D eigenvalue weighted by molar-refractivity contribution is 6.30. The van der Waals surface area contributed by atoms with Gasteiger partial charge in [-0.1, -0.05) is 23.7 Å². The maximum absolute atomic E-state index is 12.6. The zero-order valence-electron chi connectivity index (χ0n) is 18.8. The van der Waals surface area contributed by atoms with Gasteiger partial charge in [0.05, 0.1) is 19.1 Å². The van der Waals surface area contributed by atoms with Crippen molar-refractivity contribution in [2.75, 3.05) is 11.9 Å². The number of aliphatic hydroxyl groups excluding tert-OH is 1. The van der Waals surface area contributed by atoms with E-state index in [0.717, 1.165) is 35.4 Å². The lowest BCUT2D eigenvalue weighted by Crippen LogP contribution is -2.47. The summed E-state index contributed by atoms with van der Waals surface area (Å²) in [5.74, 6) is 1.17. The molecule has 2 aromatic rings. The molecule has 1 saturated carbocycles. The molecule has 7 nitrogen and oxygen atoms in total. The number of hydrogen-bond donors (Lipinski definition) is 3. The van der Waals surface area contributed by atoms with Crippen LogP contribution in [0.25, 0.3) is 0 Å². The molecular weight excluding hydrogens is 456 g/mol. The molecule has 2 fully saturated rings. The van der Waals surface area contributed by atoms with Gasteiger partial charge in [-0.05, 0) is 61.1 Å². The number of anilines is 1. The fourth-order valence-electron chi connectivity index (χ4n) is 4.84. The van der Waals surface area contributed by atoms with E-state index in [4.69, 9.17) is 21.1 Å². The third-order valence-electron chi connectivity index (χ3n) is 6.77. The van der Waals surface area contributed by atoms with Crippen LogP contribution in [0.3, 0.4) is 0 Å². The molecule has 180 valence electrons. The number of ether oxygens (including phenoxy) is 2. The summed E-state index contributed by atoms with van der Waals surface area (Å²) in [7, 11) is 0. The Hall–Kier alpha value is -2.61. The van der Waals surface area contributed by atoms with Gasteiger partial charge in [-0.25, -0.2) is 0 Å². The van der Waals surface area contributed by atoms with Gasteiger partial charge in [-0.3, -0.25) is 9.59 Å². The van der Waals surface area contributed by atoms with Crippen LogP contribution in [0.5, 0.6) is 5.75 Å². The Labute approximate surface area is 203 Å². The molecule has 8 heteroatoms. The normalized spacial score (nSPS) is 25.1. The minimum atomic E-state index is -0.520. The first-order chi connectivity index (χ1) is 16.5. The summed E-state index contributed by atoms with van der Waals surface area (Å²) in [6.07, 6.45) is 2.44. The van der Waals surface area contributed by atoms with Gasteiger partial charge in [0, 0.05) is 35.2 Å². The quantitative estimate of drug-likeness (QED) is 0.530. The second kappa shape index (κ2) is 9.94. The molecule has 2 amide bonds. The van der Waals surface area contributed by atoms with Crippen molar-refractivity contribution < 1.29 is 24.2 Å². The summed E-state index contributed by atoms with van der Waals surface area (Å²) < 4.78 is 12.1. The predicted molar refractivity (Wildman–Crippen MR) is 128 cm³/mol. The molecule has 0 bridgehead atoms. The highest BCUT2D eigenvalue weighted by Crippen LogP contribution is 2.47. The smallest absolute Gasteiger partial charge is 0.224 e. The van der Waals surface area contributed by atoms with Crippen molar-refractivity contribution in [2.45, 2.75) is 62.9 Å². The summed E-state index contributed by atoms with van der Waals surface area (Å²) in [6.45, 7) is 0.219. The Morgan fingerprint density at radius 3 is 2.59 bits per heavy atom. The Balaban J connectivity index is 1.22. The molecule has 2 aromatic carbocycles. The van der Waals surface area contributed by atoms with Gasteiger partial charge in [-0.15, -0.1) is 0 Å². The molecular formula is C26H29ClN2O5. The third-order valence-corrected chi connectivity index (χ3v) is 7.02. The van der Waals surface area contributed by atoms with Gasteiger partial charge in [0.1, 0.15) is 18.0 Å². The average Bonchev–Trinajstić information content (AvgIpc) is 3.56. The Bertz CT molecular complexity index is 1060. The van der Waals surface area contributed by atoms with E-state index in [2.05, 4.69) is 10.6 Å². The lowest BCUT2D eigenvalue weighted by atomic mass is 9.84. The molecule has 3 N–H and O–H groups in total. The van der Waals surface area contributed by atoms with Crippen LogP contribution >= 0.6 is 11.6 Å². The molecule has 0 radical (unpaired) electrons. The van der Waals surface area contributed by atoms with Gasteiger partial charge in [0.15, 0.2) is 0 Å². The van der Waals surface area contributed by atoms with Crippen LogP contribution in [0.4, 0.5) is 5.69 Å². The van der Waals surface area contributed by atoms with Crippen LogP contribution in [0, 0.1) is 5.92 Å². The first-order valence-corrected chi connectivity index (χ1v) is 12.2. The van der Waals surface area contributed by atoms with Crippen molar-refractivity contribution in [3.8, 4) is 5.75 Å². The average molecular weight is 485 g/mol. The summed E-state index contributed by atoms with van der Waals surface area (Å²) in [5.41, 5.74) is 2.70. The lowest BCUT2D eigenvalue weighted by Gasteiger charge is -2.37. The summed E-state index contributed by atoms with van der Waals surface area (Å²) in [6, 6.07) is 13.0.